The minimum absolute atomic E-state index is 0.711. The van der Waals surface area contributed by atoms with Crippen LogP contribution in [0.3, 0.4) is 0 Å². The van der Waals surface area contributed by atoms with Gasteiger partial charge in [0.2, 0.25) is 0 Å². The fourth-order valence-electron chi connectivity index (χ4n) is 1.90. The Morgan fingerprint density at radius 1 is 1.21 bits per heavy atom. The molecule has 0 fully saturated rings. The molecule has 0 radical (unpaired) electrons. The average Bonchev–Trinajstić information content (AvgIpc) is 2.91. The SMILES string of the molecule is CC(C)(C(=O)O)c1ccc(C(O)c2ccc[nH]2)cc1. The van der Waals surface area contributed by atoms with Crippen molar-refractivity contribution in [3.8, 4) is 0 Å². The summed E-state index contributed by atoms with van der Waals surface area (Å²) in [5, 5.41) is 19.3. The Hall–Kier alpha value is -2.07. The molecular formula is C15H17NO3. The van der Waals surface area contributed by atoms with Crippen molar-refractivity contribution in [2.24, 2.45) is 0 Å². The molecule has 1 unspecified atom stereocenters. The summed E-state index contributed by atoms with van der Waals surface area (Å²) in [7, 11) is 0. The van der Waals surface area contributed by atoms with Crippen LogP contribution in [0.15, 0.2) is 42.6 Å². The second-order valence-corrected chi connectivity index (χ2v) is 5.08. The molecule has 3 N–H and O–H groups in total. The first-order valence-corrected chi connectivity index (χ1v) is 6.08. The van der Waals surface area contributed by atoms with Crippen LogP contribution < -0.4 is 0 Å². The highest BCUT2D eigenvalue weighted by molar-refractivity contribution is 5.80. The van der Waals surface area contributed by atoms with E-state index < -0.39 is 17.5 Å². The molecule has 100 valence electrons. The van der Waals surface area contributed by atoms with Crippen molar-refractivity contribution >= 4 is 5.97 Å². The number of aliphatic hydroxyl groups excluding tert-OH is 1. The number of hydrogen-bond acceptors (Lipinski definition) is 2. The van der Waals surface area contributed by atoms with E-state index in [0.717, 1.165) is 5.56 Å². The topological polar surface area (TPSA) is 73.3 Å². The maximum absolute atomic E-state index is 11.2. The van der Waals surface area contributed by atoms with Gasteiger partial charge in [-0.15, -0.1) is 0 Å². The van der Waals surface area contributed by atoms with Crippen LogP contribution in [0.5, 0.6) is 0 Å². The lowest BCUT2D eigenvalue weighted by Gasteiger charge is -2.20. The van der Waals surface area contributed by atoms with Gasteiger partial charge in [-0.1, -0.05) is 24.3 Å². The molecular weight excluding hydrogens is 242 g/mol. The minimum Gasteiger partial charge on any atom is -0.481 e. The number of nitrogens with one attached hydrogen (secondary N) is 1. The number of hydrogen-bond donors (Lipinski definition) is 3. The zero-order valence-corrected chi connectivity index (χ0v) is 10.9. The number of rotatable bonds is 4. The largest absolute Gasteiger partial charge is 0.481 e. The molecule has 4 heteroatoms. The Morgan fingerprint density at radius 2 is 1.84 bits per heavy atom. The summed E-state index contributed by atoms with van der Waals surface area (Å²) < 4.78 is 0. The maximum atomic E-state index is 11.2. The third-order valence-electron chi connectivity index (χ3n) is 3.40. The Balaban J connectivity index is 2.26. The monoisotopic (exact) mass is 259 g/mol. The predicted molar refractivity (Wildman–Crippen MR) is 72.0 cm³/mol. The lowest BCUT2D eigenvalue weighted by Crippen LogP contribution is -2.28. The lowest BCUT2D eigenvalue weighted by atomic mass is 9.84. The molecule has 0 aliphatic carbocycles. The van der Waals surface area contributed by atoms with E-state index in [0.29, 0.717) is 11.3 Å². The fourth-order valence-corrected chi connectivity index (χ4v) is 1.90. The third kappa shape index (κ3) is 2.53. The van der Waals surface area contributed by atoms with Crippen molar-refractivity contribution in [3.63, 3.8) is 0 Å². The van der Waals surface area contributed by atoms with E-state index in [4.69, 9.17) is 5.11 Å². The number of H-pyrrole nitrogens is 1. The summed E-state index contributed by atoms with van der Waals surface area (Å²) in [6, 6.07) is 10.6. The van der Waals surface area contributed by atoms with Gasteiger partial charge in [0.1, 0.15) is 6.10 Å². The smallest absolute Gasteiger partial charge is 0.313 e. The van der Waals surface area contributed by atoms with Gasteiger partial charge in [0.05, 0.1) is 5.41 Å². The summed E-state index contributed by atoms with van der Waals surface area (Å²) in [6.07, 6.45) is 1.03. The highest BCUT2D eigenvalue weighted by Crippen LogP contribution is 2.26. The van der Waals surface area contributed by atoms with E-state index in [9.17, 15) is 9.90 Å². The van der Waals surface area contributed by atoms with E-state index in [1.807, 2.05) is 6.07 Å². The van der Waals surface area contributed by atoms with Gasteiger partial charge in [0.15, 0.2) is 0 Å². The van der Waals surface area contributed by atoms with Gasteiger partial charge < -0.3 is 15.2 Å². The molecule has 0 spiro atoms. The quantitative estimate of drug-likeness (QED) is 0.789. The van der Waals surface area contributed by atoms with Gasteiger partial charge in [-0.05, 0) is 37.1 Å². The van der Waals surface area contributed by atoms with Crippen LogP contribution >= 0.6 is 0 Å². The van der Waals surface area contributed by atoms with Crippen LogP contribution in [-0.4, -0.2) is 21.2 Å². The molecule has 0 amide bonds. The fraction of sp³-hybridized carbons (Fsp3) is 0.267. The van der Waals surface area contributed by atoms with Gasteiger partial charge in [-0.2, -0.15) is 0 Å². The summed E-state index contributed by atoms with van der Waals surface area (Å²) in [5.41, 5.74) is 1.22. The van der Waals surface area contributed by atoms with Crippen molar-refractivity contribution in [1.82, 2.24) is 4.98 Å². The van der Waals surface area contributed by atoms with E-state index in [1.165, 1.54) is 0 Å². The molecule has 2 rings (SSSR count). The number of carboxylic acids is 1. The number of aliphatic hydroxyl groups is 1. The first kappa shape index (κ1) is 13.4. The Kier molecular flexibility index (Phi) is 3.44. The molecule has 2 aromatic rings. The molecule has 0 aliphatic heterocycles. The standard InChI is InChI=1S/C15H17NO3/c1-15(2,14(18)19)11-7-5-10(6-8-11)13(17)12-4-3-9-16-12/h3-9,13,16-17H,1-2H3,(H,18,19). The van der Waals surface area contributed by atoms with Gasteiger partial charge in [-0.3, -0.25) is 4.79 Å². The Bertz CT molecular complexity index is 556. The van der Waals surface area contributed by atoms with Crippen LogP contribution in [0.2, 0.25) is 0 Å². The first-order chi connectivity index (χ1) is 8.93. The second kappa shape index (κ2) is 4.90. The van der Waals surface area contributed by atoms with Crippen molar-refractivity contribution < 1.29 is 15.0 Å². The van der Waals surface area contributed by atoms with Crippen molar-refractivity contribution in [1.29, 1.82) is 0 Å². The number of aromatic nitrogens is 1. The predicted octanol–water partition coefficient (Wildman–Crippen LogP) is 2.46. The summed E-state index contributed by atoms with van der Waals surface area (Å²) in [6.45, 7) is 3.32. The van der Waals surface area contributed by atoms with Gasteiger partial charge in [-0.25, -0.2) is 0 Å². The van der Waals surface area contributed by atoms with Crippen molar-refractivity contribution in [3.05, 3.63) is 59.4 Å². The lowest BCUT2D eigenvalue weighted by molar-refractivity contribution is -0.142. The van der Waals surface area contributed by atoms with Crippen LogP contribution in [0, 0.1) is 0 Å². The number of aliphatic carboxylic acids is 1. The first-order valence-electron chi connectivity index (χ1n) is 6.08. The minimum atomic E-state index is -0.935. The van der Waals surface area contributed by atoms with Crippen molar-refractivity contribution in [2.45, 2.75) is 25.4 Å². The van der Waals surface area contributed by atoms with Crippen LogP contribution in [0.25, 0.3) is 0 Å². The van der Waals surface area contributed by atoms with E-state index in [-0.39, 0.29) is 0 Å². The summed E-state index contributed by atoms with van der Waals surface area (Å²) >= 11 is 0. The van der Waals surface area contributed by atoms with Crippen molar-refractivity contribution in [2.75, 3.05) is 0 Å². The zero-order valence-electron chi connectivity index (χ0n) is 10.9. The highest BCUT2D eigenvalue weighted by Gasteiger charge is 2.29. The summed E-state index contributed by atoms with van der Waals surface area (Å²) in [5.74, 6) is -0.870. The van der Waals surface area contributed by atoms with Crippen LogP contribution in [0.1, 0.15) is 36.8 Å². The normalized spacial score (nSPS) is 13.2. The second-order valence-electron chi connectivity index (χ2n) is 5.08. The number of benzene rings is 1. The Morgan fingerprint density at radius 3 is 2.32 bits per heavy atom. The molecule has 1 aromatic heterocycles. The molecule has 0 bridgehead atoms. The molecule has 4 nitrogen and oxygen atoms in total. The third-order valence-corrected chi connectivity index (χ3v) is 3.40. The molecule has 1 aromatic carbocycles. The van der Waals surface area contributed by atoms with E-state index in [2.05, 4.69) is 4.98 Å². The molecule has 0 aliphatic rings. The van der Waals surface area contributed by atoms with Gasteiger partial charge in [0, 0.05) is 11.9 Å². The summed E-state index contributed by atoms with van der Waals surface area (Å²) in [4.78, 5) is 14.1. The van der Waals surface area contributed by atoms with Crippen LogP contribution in [0.4, 0.5) is 0 Å². The maximum Gasteiger partial charge on any atom is 0.313 e. The Labute approximate surface area is 111 Å². The molecule has 0 saturated carbocycles. The van der Waals surface area contributed by atoms with Gasteiger partial charge in [0.25, 0.3) is 0 Å². The zero-order chi connectivity index (χ0) is 14.0. The molecule has 0 saturated heterocycles. The average molecular weight is 259 g/mol. The number of carboxylic acid groups (broad SMARTS) is 1. The highest BCUT2D eigenvalue weighted by atomic mass is 16.4. The molecule has 1 heterocycles. The van der Waals surface area contributed by atoms with E-state index in [1.54, 1.807) is 50.4 Å². The van der Waals surface area contributed by atoms with Gasteiger partial charge >= 0.3 is 5.97 Å². The molecule has 19 heavy (non-hydrogen) atoms. The van der Waals surface area contributed by atoms with Crippen LogP contribution in [-0.2, 0) is 10.2 Å². The number of carbonyl (C=O) groups is 1. The number of aromatic amines is 1. The van der Waals surface area contributed by atoms with E-state index >= 15 is 0 Å². The molecule has 1 atom stereocenters.